The second-order valence-corrected chi connectivity index (χ2v) is 4.65. The Morgan fingerprint density at radius 1 is 1.31 bits per heavy atom. The van der Waals surface area contributed by atoms with E-state index in [1.54, 1.807) is 12.1 Å². The van der Waals surface area contributed by atoms with Crippen LogP contribution in [-0.2, 0) is 6.54 Å². The zero-order valence-electron chi connectivity index (χ0n) is 10.0. The lowest BCUT2D eigenvalue weighted by molar-refractivity contribution is 0.312. The van der Waals surface area contributed by atoms with Crippen molar-refractivity contribution in [1.29, 1.82) is 0 Å². The molecule has 1 rings (SSSR count). The van der Waals surface area contributed by atoms with Crippen LogP contribution >= 0.6 is 11.6 Å². The first-order valence-electron chi connectivity index (χ1n) is 5.79. The molecule has 3 heteroatoms. The molecule has 1 aromatic carbocycles. The summed E-state index contributed by atoms with van der Waals surface area (Å²) in [7, 11) is 2.07. The summed E-state index contributed by atoms with van der Waals surface area (Å²) in [5.41, 5.74) is 0.895. The van der Waals surface area contributed by atoms with Crippen LogP contribution in [0.2, 0.25) is 5.02 Å². The van der Waals surface area contributed by atoms with E-state index in [0.717, 1.165) is 18.7 Å². The van der Waals surface area contributed by atoms with Crippen LogP contribution in [-0.4, -0.2) is 23.6 Å². The minimum atomic E-state index is 0.326. The maximum atomic E-state index is 9.67. The highest BCUT2D eigenvalue weighted by molar-refractivity contribution is 6.30. The fourth-order valence-electron chi connectivity index (χ4n) is 1.68. The van der Waals surface area contributed by atoms with Gasteiger partial charge in [-0.2, -0.15) is 0 Å². The van der Waals surface area contributed by atoms with E-state index in [-0.39, 0.29) is 0 Å². The molecule has 1 N–H and O–H groups in total. The SMILES string of the molecule is CCCCCN(C)Cc1cc(Cl)ccc1O. The molecular formula is C13H20ClNO. The monoisotopic (exact) mass is 241 g/mol. The van der Waals surface area contributed by atoms with Crippen molar-refractivity contribution >= 4 is 11.6 Å². The Hall–Kier alpha value is -0.730. The van der Waals surface area contributed by atoms with E-state index in [4.69, 9.17) is 11.6 Å². The van der Waals surface area contributed by atoms with Crippen molar-refractivity contribution in [3.05, 3.63) is 28.8 Å². The van der Waals surface area contributed by atoms with Crippen molar-refractivity contribution in [2.45, 2.75) is 32.7 Å². The quantitative estimate of drug-likeness (QED) is 0.769. The number of nitrogens with zero attached hydrogens (tertiary/aromatic N) is 1. The minimum Gasteiger partial charge on any atom is -0.508 e. The zero-order valence-corrected chi connectivity index (χ0v) is 10.8. The van der Waals surface area contributed by atoms with Crippen LogP contribution in [0.5, 0.6) is 5.75 Å². The van der Waals surface area contributed by atoms with Crippen molar-refractivity contribution < 1.29 is 5.11 Å². The third-order valence-electron chi connectivity index (χ3n) is 2.63. The molecule has 2 nitrogen and oxygen atoms in total. The predicted molar refractivity (Wildman–Crippen MR) is 69.0 cm³/mol. The molecule has 0 saturated heterocycles. The average Bonchev–Trinajstić information content (AvgIpc) is 2.24. The lowest BCUT2D eigenvalue weighted by Crippen LogP contribution is -2.19. The maximum absolute atomic E-state index is 9.67. The molecule has 0 saturated carbocycles. The van der Waals surface area contributed by atoms with Gasteiger partial charge in [-0.15, -0.1) is 0 Å². The Labute approximate surface area is 103 Å². The van der Waals surface area contributed by atoms with Gasteiger partial charge in [-0.3, -0.25) is 0 Å². The van der Waals surface area contributed by atoms with Gasteiger partial charge in [0.1, 0.15) is 5.75 Å². The molecular weight excluding hydrogens is 222 g/mol. The first kappa shape index (κ1) is 13.3. The van der Waals surface area contributed by atoms with Gasteiger partial charge in [-0.25, -0.2) is 0 Å². The van der Waals surface area contributed by atoms with Gasteiger partial charge in [-0.05, 0) is 38.2 Å². The first-order chi connectivity index (χ1) is 7.63. The van der Waals surface area contributed by atoms with E-state index >= 15 is 0 Å². The third-order valence-corrected chi connectivity index (χ3v) is 2.86. The molecule has 0 amide bonds. The van der Waals surface area contributed by atoms with Crippen LogP contribution in [0.4, 0.5) is 0 Å². The lowest BCUT2D eigenvalue weighted by Gasteiger charge is -2.17. The van der Waals surface area contributed by atoms with E-state index in [1.165, 1.54) is 19.3 Å². The molecule has 0 aliphatic rings. The van der Waals surface area contributed by atoms with Gasteiger partial charge in [0.2, 0.25) is 0 Å². The van der Waals surface area contributed by atoms with Crippen LogP contribution in [0.25, 0.3) is 0 Å². The first-order valence-corrected chi connectivity index (χ1v) is 6.17. The lowest BCUT2D eigenvalue weighted by atomic mass is 10.2. The third kappa shape index (κ3) is 4.42. The Bertz CT molecular complexity index is 328. The van der Waals surface area contributed by atoms with Gasteiger partial charge >= 0.3 is 0 Å². The number of phenolic OH excluding ortho intramolecular Hbond substituents is 1. The normalized spacial score (nSPS) is 11.0. The second-order valence-electron chi connectivity index (χ2n) is 4.22. The topological polar surface area (TPSA) is 23.5 Å². The minimum absolute atomic E-state index is 0.326. The summed E-state index contributed by atoms with van der Waals surface area (Å²) in [5, 5.41) is 10.3. The Morgan fingerprint density at radius 3 is 2.75 bits per heavy atom. The standard InChI is InChI=1S/C13H20ClNO/c1-3-4-5-8-15(2)10-11-9-12(14)6-7-13(11)16/h6-7,9,16H,3-5,8,10H2,1-2H3. The summed E-state index contributed by atoms with van der Waals surface area (Å²) < 4.78 is 0. The molecule has 0 aliphatic heterocycles. The zero-order chi connectivity index (χ0) is 12.0. The highest BCUT2D eigenvalue weighted by Gasteiger charge is 2.05. The molecule has 90 valence electrons. The van der Waals surface area contributed by atoms with E-state index in [1.807, 2.05) is 6.07 Å². The van der Waals surface area contributed by atoms with Crippen molar-refractivity contribution in [1.82, 2.24) is 4.90 Å². The van der Waals surface area contributed by atoms with Crippen LogP contribution in [0, 0.1) is 0 Å². The van der Waals surface area contributed by atoms with Crippen molar-refractivity contribution in [3.63, 3.8) is 0 Å². The molecule has 0 unspecified atom stereocenters. The molecule has 0 aromatic heterocycles. The largest absolute Gasteiger partial charge is 0.508 e. The van der Waals surface area contributed by atoms with Crippen LogP contribution < -0.4 is 0 Å². The van der Waals surface area contributed by atoms with Gasteiger partial charge in [0.15, 0.2) is 0 Å². The molecule has 0 radical (unpaired) electrons. The van der Waals surface area contributed by atoms with Crippen molar-refractivity contribution in [2.75, 3.05) is 13.6 Å². The number of rotatable bonds is 6. The molecule has 0 atom stereocenters. The number of phenols is 1. The second kappa shape index (κ2) is 6.77. The van der Waals surface area contributed by atoms with Crippen LogP contribution in [0.3, 0.4) is 0 Å². The molecule has 0 heterocycles. The Morgan fingerprint density at radius 2 is 2.06 bits per heavy atom. The summed E-state index contributed by atoms with van der Waals surface area (Å²) in [5.74, 6) is 0.326. The van der Waals surface area contributed by atoms with E-state index < -0.39 is 0 Å². The molecule has 16 heavy (non-hydrogen) atoms. The number of unbranched alkanes of at least 4 members (excludes halogenated alkanes) is 2. The summed E-state index contributed by atoms with van der Waals surface area (Å²) in [6.07, 6.45) is 3.69. The van der Waals surface area contributed by atoms with Gasteiger partial charge in [-0.1, -0.05) is 31.4 Å². The summed E-state index contributed by atoms with van der Waals surface area (Å²) in [6, 6.07) is 5.18. The average molecular weight is 242 g/mol. The highest BCUT2D eigenvalue weighted by atomic mass is 35.5. The van der Waals surface area contributed by atoms with Gasteiger partial charge in [0, 0.05) is 17.1 Å². The molecule has 1 aromatic rings. The van der Waals surface area contributed by atoms with Gasteiger partial charge in [0.25, 0.3) is 0 Å². The summed E-state index contributed by atoms with van der Waals surface area (Å²) in [6.45, 7) is 4.00. The smallest absolute Gasteiger partial charge is 0.120 e. The number of hydrogen-bond acceptors (Lipinski definition) is 2. The number of hydrogen-bond donors (Lipinski definition) is 1. The molecule has 0 bridgehead atoms. The predicted octanol–water partition coefficient (Wildman–Crippen LogP) is 3.67. The van der Waals surface area contributed by atoms with Crippen molar-refractivity contribution in [2.24, 2.45) is 0 Å². The summed E-state index contributed by atoms with van der Waals surface area (Å²) in [4.78, 5) is 2.21. The van der Waals surface area contributed by atoms with Crippen LogP contribution in [0.15, 0.2) is 18.2 Å². The van der Waals surface area contributed by atoms with Crippen molar-refractivity contribution in [3.8, 4) is 5.75 Å². The fourth-order valence-corrected chi connectivity index (χ4v) is 1.88. The number of halogens is 1. The molecule has 0 fully saturated rings. The molecule has 0 spiro atoms. The Kier molecular flexibility index (Phi) is 5.64. The van der Waals surface area contributed by atoms with E-state index in [0.29, 0.717) is 10.8 Å². The van der Waals surface area contributed by atoms with Gasteiger partial charge in [0.05, 0.1) is 0 Å². The van der Waals surface area contributed by atoms with E-state index in [9.17, 15) is 5.11 Å². The number of aromatic hydroxyl groups is 1. The van der Waals surface area contributed by atoms with Crippen LogP contribution in [0.1, 0.15) is 31.7 Å². The fraction of sp³-hybridized carbons (Fsp3) is 0.538. The highest BCUT2D eigenvalue weighted by Crippen LogP contribution is 2.22. The number of benzene rings is 1. The van der Waals surface area contributed by atoms with E-state index in [2.05, 4.69) is 18.9 Å². The maximum Gasteiger partial charge on any atom is 0.120 e. The Balaban J connectivity index is 2.48. The summed E-state index contributed by atoms with van der Waals surface area (Å²) >= 11 is 5.90. The van der Waals surface area contributed by atoms with Gasteiger partial charge < -0.3 is 10.0 Å². The molecule has 0 aliphatic carbocycles.